The van der Waals surface area contributed by atoms with Crippen molar-refractivity contribution in [3.63, 3.8) is 0 Å². The Morgan fingerprint density at radius 1 is 1.45 bits per heavy atom. The van der Waals surface area contributed by atoms with Crippen LogP contribution in [0.2, 0.25) is 0 Å². The predicted molar refractivity (Wildman–Crippen MR) is 47.4 cm³/mol. The normalized spacial score (nSPS) is 12.6. The second kappa shape index (κ2) is 6.20. The molecule has 0 aromatic carbocycles. The van der Waals surface area contributed by atoms with E-state index in [0.717, 1.165) is 25.8 Å². The second-order valence-electron chi connectivity index (χ2n) is 2.95. The molecular formula is C9H19NO. The third kappa shape index (κ3) is 4.82. The summed E-state index contributed by atoms with van der Waals surface area (Å²) in [5.74, 6) is 0.368. The molecule has 0 aromatic heterocycles. The van der Waals surface area contributed by atoms with Crippen molar-refractivity contribution in [2.45, 2.75) is 40.0 Å². The molecule has 1 atom stereocenters. The number of carbonyl (C=O) groups excluding carboxylic acids is 1. The smallest absolute Gasteiger partial charge is 0.222 e. The number of amides is 1. The van der Waals surface area contributed by atoms with E-state index < -0.39 is 0 Å². The maximum absolute atomic E-state index is 11.1. The van der Waals surface area contributed by atoms with Gasteiger partial charge in [-0.05, 0) is 12.8 Å². The van der Waals surface area contributed by atoms with Crippen LogP contribution in [0.5, 0.6) is 0 Å². The minimum absolute atomic E-state index is 0.173. The van der Waals surface area contributed by atoms with Crippen LogP contribution in [0.1, 0.15) is 40.0 Å². The molecule has 66 valence electrons. The van der Waals surface area contributed by atoms with Crippen molar-refractivity contribution in [1.29, 1.82) is 0 Å². The maximum atomic E-state index is 11.1. The molecule has 2 heteroatoms. The van der Waals surface area contributed by atoms with Crippen molar-refractivity contribution in [2.24, 2.45) is 5.92 Å². The number of rotatable bonds is 5. The topological polar surface area (TPSA) is 29.1 Å². The Labute approximate surface area is 69.4 Å². The Morgan fingerprint density at radius 2 is 2.09 bits per heavy atom. The summed E-state index contributed by atoms with van der Waals surface area (Å²) in [5, 5.41) is 2.90. The zero-order valence-electron chi connectivity index (χ0n) is 7.81. The van der Waals surface area contributed by atoms with E-state index in [-0.39, 0.29) is 11.8 Å². The van der Waals surface area contributed by atoms with E-state index in [0.29, 0.717) is 0 Å². The Morgan fingerprint density at radius 3 is 2.55 bits per heavy atom. The quantitative estimate of drug-likeness (QED) is 0.607. The molecule has 0 aliphatic heterocycles. The molecule has 1 amide bonds. The Balaban J connectivity index is 3.36. The van der Waals surface area contributed by atoms with Crippen molar-refractivity contribution < 1.29 is 4.79 Å². The highest BCUT2D eigenvalue weighted by Crippen LogP contribution is 1.99. The largest absolute Gasteiger partial charge is 0.356 e. The molecule has 1 N–H and O–H groups in total. The summed E-state index contributed by atoms with van der Waals surface area (Å²) in [7, 11) is 0. The molecule has 11 heavy (non-hydrogen) atoms. The third-order valence-electron chi connectivity index (χ3n) is 1.89. The summed E-state index contributed by atoms with van der Waals surface area (Å²) in [4.78, 5) is 11.1. The first-order valence-corrected chi connectivity index (χ1v) is 4.50. The van der Waals surface area contributed by atoms with Gasteiger partial charge in [0.05, 0.1) is 0 Å². The van der Waals surface area contributed by atoms with Gasteiger partial charge in [0.15, 0.2) is 0 Å². The molecule has 0 spiro atoms. The number of hydrogen-bond donors (Lipinski definition) is 1. The average Bonchev–Trinajstić information content (AvgIpc) is 2.03. The van der Waals surface area contributed by atoms with E-state index in [2.05, 4.69) is 12.2 Å². The summed E-state index contributed by atoms with van der Waals surface area (Å²) in [6.07, 6.45) is 3.15. The third-order valence-corrected chi connectivity index (χ3v) is 1.89. The molecule has 0 radical (unpaired) electrons. The van der Waals surface area contributed by atoms with Crippen molar-refractivity contribution in [1.82, 2.24) is 5.32 Å². The lowest BCUT2D eigenvalue weighted by atomic mass is 10.1. The average molecular weight is 157 g/mol. The first-order valence-electron chi connectivity index (χ1n) is 4.50. The lowest BCUT2D eigenvalue weighted by molar-refractivity contribution is -0.124. The second-order valence-corrected chi connectivity index (χ2v) is 2.95. The fourth-order valence-electron chi connectivity index (χ4n) is 0.748. The van der Waals surface area contributed by atoms with E-state index in [1.165, 1.54) is 0 Å². The van der Waals surface area contributed by atoms with Crippen LogP contribution >= 0.6 is 0 Å². The summed E-state index contributed by atoms with van der Waals surface area (Å²) >= 11 is 0. The monoisotopic (exact) mass is 157 g/mol. The van der Waals surface area contributed by atoms with Crippen LogP contribution in [0.3, 0.4) is 0 Å². The van der Waals surface area contributed by atoms with Crippen molar-refractivity contribution in [3.05, 3.63) is 0 Å². The molecule has 0 unspecified atom stereocenters. The number of carbonyl (C=O) groups is 1. The Kier molecular flexibility index (Phi) is 5.90. The first kappa shape index (κ1) is 10.5. The number of unbranched alkanes of at least 4 members (excludes halogenated alkanes) is 1. The van der Waals surface area contributed by atoms with Crippen LogP contribution < -0.4 is 5.32 Å². The fourth-order valence-corrected chi connectivity index (χ4v) is 0.748. The van der Waals surface area contributed by atoms with Crippen LogP contribution in [0.25, 0.3) is 0 Å². The van der Waals surface area contributed by atoms with Crippen LogP contribution in [-0.2, 0) is 4.79 Å². The molecule has 0 rings (SSSR count). The highest BCUT2D eigenvalue weighted by atomic mass is 16.1. The van der Waals surface area contributed by atoms with E-state index in [4.69, 9.17) is 0 Å². The first-order chi connectivity index (χ1) is 5.22. The zero-order chi connectivity index (χ0) is 8.69. The van der Waals surface area contributed by atoms with Gasteiger partial charge in [0.25, 0.3) is 0 Å². The highest BCUT2D eigenvalue weighted by Gasteiger charge is 2.07. The highest BCUT2D eigenvalue weighted by molar-refractivity contribution is 5.78. The van der Waals surface area contributed by atoms with Gasteiger partial charge in [-0.15, -0.1) is 0 Å². The Bertz CT molecular complexity index is 112. The summed E-state index contributed by atoms with van der Waals surface area (Å²) in [5.41, 5.74) is 0. The van der Waals surface area contributed by atoms with E-state index in [9.17, 15) is 4.79 Å². The molecule has 0 aromatic rings. The van der Waals surface area contributed by atoms with Gasteiger partial charge in [-0.2, -0.15) is 0 Å². The molecule has 0 saturated heterocycles. The molecule has 2 nitrogen and oxygen atoms in total. The minimum atomic E-state index is 0.173. The van der Waals surface area contributed by atoms with Crippen LogP contribution in [0.15, 0.2) is 0 Å². The van der Waals surface area contributed by atoms with Gasteiger partial charge in [0.1, 0.15) is 0 Å². The molecule has 0 saturated carbocycles. The van der Waals surface area contributed by atoms with Crippen LogP contribution in [0, 0.1) is 5.92 Å². The minimum Gasteiger partial charge on any atom is -0.356 e. The SMILES string of the molecule is CCCCNC(=O)[C@H](C)CC. The lowest BCUT2D eigenvalue weighted by Gasteiger charge is -2.08. The zero-order valence-corrected chi connectivity index (χ0v) is 7.81. The van der Waals surface area contributed by atoms with Crippen molar-refractivity contribution in [2.75, 3.05) is 6.54 Å². The fraction of sp³-hybridized carbons (Fsp3) is 0.889. The predicted octanol–water partition coefficient (Wildman–Crippen LogP) is 1.95. The van der Waals surface area contributed by atoms with Gasteiger partial charge < -0.3 is 5.32 Å². The van der Waals surface area contributed by atoms with Gasteiger partial charge in [-0.25, -0.2) is 0 Å². The summed E-state index contributed by atoms with van der Waals surface area (Å²) in [6.45, 7) is 6.94. The number of nitrogens with one attached hydrogen (secondary N) is 1. The van der Waals surface area contributed by atoms with Crippen LogP contribution in [-0.4, -0.2) is 12.5 Å². The van der Waals surface area contributed by atoms with Gasteiger partial charge in [-0.3, -0.25) is 4.79 Å². The Hall–Kier alpha value is -0.530. The van der Waals surface area contributed by atoms with Crippen LogP contribution in [0.4, 0.5) is 0 Å². The van der Waals surface area contributed by atoms with Gasteiger partial charge in [0, 0.05) is 12.5 Å². The van der Waals surface area contributed by atoms with Gasteiger partial charge in [0.2, 0.25) is 5.91 Å². The van der Waals surface area contributed by atoms with Crippen molar-refractivity contribution >= 4 is 5.91 Å². The molecule has 0 heterocycles. The number of hydrogen-bond acceptors (Lipinski definition) is 1. The standard InChI is InChI=1S/C9H19NO/c1-4-6-7-10-9(11)8(3)5-2/h8H,4-7H2,1-3H3,(H,10,11)/t8-/m1/s1. The molecular weight excluding hydrogens is 138 g/mol. The molecule has 0 aliphatic rings. The van der Waals surface area contributed by atoms with E-state index in [1.54, 1.807) is 0 Å². The van der Waals surface area contributed by atoms with Crippen molar-refractivity contribution in [3.8, 4) is 0 Å². The maximum Gasteiger partial charge on any atom is 0.222 e. The molecule has 0 fully saturated rings. The summed E-state index contributed by atoms with van der Waals surface area (Å²) in [6, 6.07) is 0. The van der Waals surface area contributed by atoms with Gasteiger partial charge in [-0.1, -0.05) is 27.2 Å². The lowest BCUT2D eigenvalue weighted by Crippen LogP contribution is -2.29. The van der Waals surface area contributed by atoms with E-state index >= 15 is 0 Å². The van der Waals surface area contributed by atoms with Gasteiger partial charge >= 0.3 is 0 Å². The summed E-state index contributed by atoms with van der Waals surface area (Å²) < 4.78 is 0. The molecule has 0 bridgehead atoms. The molecule has 0 aliphatic carbocycles. The van der Waals surface area contributed by atoms with E-state index in [1.807, 2.05) is 13.8 Å².